The van der Waals surface area contributed by atoms with Crippen LogP contribution in [0.25, 0.3) is 28.3 Å². The molecule has 0 N–H and O–H groups in total. The number of hydrogen-bond acceptors (Lipinski definition) is 6. The Hall–Kier alpha value is -3.78. The van der Waals surface area contributed by atoms with E-state index in [0.717, 1.165) is 41.3 Å². The first-order valence-corrected chi connectivity index (χ1v) is 12.4. The average Bonchev–Trinajstić information content (AvgIpc) is 3.54. The third-order valence-electron chi connectivity index (χ3n) is 6.18. The standard InChI is InChI=1S/C24H18F3N5O2S/c1-2-35(33,34)19-11-16(15-3-5-17(6-4-15)23(14-28)8-9-23)13-29-21(19)22-30-20-12-18(24(25,26)27)7-10-32(20)31-22/h3-7,10-13H,2,8-9H2,1H3. The Balaban J connectivity index is 1.59. The van der Waals surface area contributed by atoms with E-state index in [1.165, 1.54) is 19.2 Å². The zero-order valence-corrected chi connectivity index (χ0v) is 19.2. The number of pyridine rings is 2. The van der Waals surface area contributed by atoms with Crippen LogP contribution in [0.1, 0.15) is 30.9 Å². The molecule has 1 fully saturated rings. The molecule has 0 saturated heterocycles. The molecule has 178 valence electrons. The highest BCUT2D eigenvalue weighted by Crippen LogP contribution is 2.47. The SMILES string of the molecule is CCS(=O)(=O)c1cc(-c2ccc(C3(C#N)CC3)cc2)cnc1-c1nc2cc(C(F)(F)F)ccn2n1. The number of hydrogen-bond donors (Lipinski definition) is 0. The molecule has 5 rings (SSSR count). The molecule has 0 aliphatic heterocycles. The molecule has 1 saturated carbocycles. The van der Waals surface area contributed by atoms with E-state index in [2.05, 4.69) is 21.1 Å². The van der Waals surface area contributed by atoms with Crippen LogP contribution in [0.5, 0.6) is 0 Å². The molecular formula is C24H18F3N5O2S. The van der Waals surface area contributed by atoms with Gasteiger partial charge in [-0.2, -0.15) is 18.4 Å². The molecular weight excluding hydrogens is 479 g/mol. The summed E-state index contributed by atoms with van der Waals surface area (Å²) in [6.07, 6.45) is -0.329. The molecule has 0 bridgehead atoms. The summed E-state index contributed by atoms with van der Waals surface area (Å²) in [7, 11) is -3.78. The van der Waals surface area contributed by atoms with Gasteiger partial charge in [-0.05, 0) is 42.2 Å². The zero-order chi connectivity index (χ0) is 25.0. The van der Waals surface area contributed by atoms with Crippen LogP contribution in [0.3, 0.4) is 0 Å². The lowest BCUT2D eigenvalue weighted by Crippen LogP contribution is -2.08. The predicted molar refractivity (Wildman–Crippen MR) is 121 cm³/mol. The number of alkyl halides is 3. The monoisotopic (exact) mass is 497 g/mol. The van der Waals surface area contributed by atoms with Crippen LogP contribution >= 0.6 is 0 Å². The second-order valence-electron chi connectivity index (χ2n) is 8.40. The van der Waals surface area contributed by atoms with Gasteiger partial charge in [0.25, 0.3) is 0 Å². The van der Waals surface area contributed by atoms with Crippen molar-refractivity contribution in [1.82, 2.24) is 19.6 Å². The molecule has 35 heavy (non-hydrogen) atoms. The van der Waals surface area contributed by atoms with Crippen molar-refractivity contribution >= 4 is 15.5 Å². The summed E-state index contributed by atoms with van der Waals surface area (Å²) in [5, 5.41) is 13.6. The number of nitrogens with zero attached hydrogens (tertiary/aromatic N) is 5. The van der Waals surface area contributed by atoms with E-state index >= 15 is 0 Å². The largest absolute Gasteiger partial charge is 0.416 e. The Labute approximate surface area is 198 Å². The highest BCUT2D eigenvalue weighted by molar-refractivity contribution is 7.91. The maximum absolute atomic E-state index is 13.1. The highest BCUT2D eigenvalue weighted by Gasteiger charge is 2.44. The van der Waals surface area contributed by atoms with Gasteiger partial charge in [-0.25, -0.2) is 17.9 Å². The van der Waals surface area contributed by atoms with Crippen molar-refractivity contribution in [3.63, 3.8) is 0 Å². The molecule has 0 spiro atoms. The average molecular weight is 498 g/mol. The first kappa shape index (κ1) is 23.0. The van der Waals surface area contributed by atoms with Crippen molar-refractivity contribution in [2.75, 3.05) is 5.75 Å². The number of halogens is 3. The molecule has 0 atom stereocenters. The Bertz CT molecular complexity index is 1600. The maximum atomic E-state index is 13.1. The van der Waals surface area contributed by atoms with Gasteiger partial charge >= 0.3 is 6.18 Å². The van der Waals surface area contributed by atoms with E-state index in [1.54, 1.807) is 0 Å². The second-order valence-corrected chi connectivity index (χ2v) is 10.6. The summed E-state index contributed by atoms with van der Waals surface area (Å²) in [5.74, 6) is -0.302. The zero-order valence-electron chi connectivity index (χ0n) is 18.4. The van der Waals surface area contributed by atoms with Gasteiger partial charge < -0.3 is 0 Å². The Morgan fingerprint density at radius 3 is 2.43 bits per heavy atom. The molecule has 3 aromatic heterocycles. The van der Waals surface area contributed by atoms with Crippen molar-refractivity contribution in [2.24, 2.45) is 0 Å². The van der Waals surface area contributed by atoms with E-state index in [9.17, 15) is 26.9 Å². The third kappa shape index (κ3) is 4.04. The Morgan fingerprint density at radius 2 is 1.83 bits per heavy atom. The fourth-order valence-corrected chi connectivity index (χ4v) is 4.95. The van der Waals surface area contributed by atoms with Crippen molar-refractivity contribution in [3.05, 3.63) is 66.0 Å². The predicted octanol–water partition coefficient (Wildman–Crippen LogP) is 4.83. The molecule has 1 aromatic carbocycles. The van der Waals surface area contributed by atoms with Gasteiger partial charge in [0.15, 0.2) is 15.5 Å². The van der Waals surface area contributed by atoms with Crippen LogP contribution in [-0.2, 0) is 21.4 Å². The van der Waals surface area contributed by atoms with Crippen LogP contribution < -0.4 is 0 Å². The van der Waals surface area contributed by atoms with E-state index in [1.807, 2.05) is 24.3 Å². The molecule has 1 aliphatic rings. The number of aromatic nitrogens is 4. The normalized spacial score (nSPS) is 15.2. The summed E-state index contributed by atoms with van der Waals surface area (Å²) in [6, 6.07) is 12.9. The lowest BCUT2D eigenvalue weighted by atomic mass is 9.95. The van der Waals surface area contributed by atoms with Gasteiger partial charge in [-0.15, -0.1) is 5.10 Å². The summed E-state index contributed by atoms with van der Waals surface area (Å²) in [4.78, 5) is 8.32. The van der Waals surface area contributed by atoms with Crippen molar-refractivity contribution in [3.8, 4) is 28.7 Å². The number of nitriles is 1. The summed E-state index contributed by atoms with van der Waals surface area (Å²) >= 11 is 0. The number of sulfone groups is 1. The van der Waals surface area contributed by atoms with Crippen LogP contribution in [-0.4, -0.2) is 33.8 Å². The van der Waals surface area contributed by atoms with Crippen molar-refractivity contribution in [1.29, 1.82) is 5.26 Å². The number of rotatable bonds is 5. The first-order chi connectivity index (χ1) is 16.6. The minimum atomic E-state index is -4.55. The van der Waals surface area contributed by atoms with Gasteiger partial charge in [0.2, 0.25) is 5.82 Å². The maximum Gasteiger partial charge on any atom is 0.416 e. The van der Waals surface area contributed by atoms with E-state index in [-0.39, 0.29) is 27.8 Å². The lowest BCUT2D eigenvalue weighted by Gasteiger charge is -2.11. The topological polar surface area (TPSA) is 101 Å². The minimum Gasteiger partial charge on any atom is -0.251 e. The van der Waals surface area contributed by atoms with Crippen molar-refractivity contribution in [2.45, 2.75) is 36.3 Å². The van der Waals surface area contributed by atoms with Gasteiger partial charge in [0, 0.05) is 18.0 Å². The summed E-state index contributed by atoms with van der Waals surface area (Å²) in [6.45, 7) is 1.49. The van der Waals surface area contributed by atoms with Gasteiger partial charge in [-0.1, -0.05) is 31.2 Å². The van der Waals surface area contributed by atoms with Gasteiger partial charge in [0.1, 0.15) is 5.69 Å². The molecule has 3 heterocycles. The molecule has 0 unspecified atom stereocenters. The highest BCUT2D eigenvalue weighted by atomic mass is 32.2. The van der Waals surface area contributed by atoms with Crippen LogP contribution in [0, 0.1) is 11.3 Å². The fourth-order valence-electron chi connectivity index (χ4n) is 3.89. The van der Waals surface area contributed by atoms with E-state index in [0.29, 0.717) is 11.1 Å². The first-order valence-electron chi connectivity index (χ1n) is 10.8. The van der Waals surface area contributed by atoms with Crippen LogP contribution in [0.2, 0.25) is 0 Å². The molecule has 11 heteroatoms. The minimum absolute atomic E-state index is 0.0362. The molecule has 4 aromatic rings. The summed E-state index contributed by atoms with van der Waals surface area (Å²) in [5.41, 5.74) is 0.735. The quantitative estimate of drug-likeness (QED) is 0.392. The van der Waals surface area contributed by atoms with Crippen LogP contribution in [0.15, 0.2) is 59.8 Å². The van der Waals surface area contributed by atoms with Gasteiger partial charge in [0.05, 0.1) is 27.7 Å². The fraction of sp³-hybridized carbons (Fsp3) is 0.250. The molecule has 0 amide bonds. The Morgan fingerprint density at radius 1 is 1.11 bits per heavy atom. The Kier molecular flexibility index (Phi) is 5.18. The third-order valence-corrected chi connectivity index (χ3v) is 7.92. The molecule has 7 nitrogen and oxygen atoms in total. The van der Waals surface area contributed by atoms with Gasteiger partial charge in [-0.3, -0.25) is 4.98 Å². The second kappa shape index (κ2) is 7.88. The molecule has 0 radical (unpaired) electrons. The summed E-state index contributed by atoms with van der Waals surface area (Å²) < 4.78 is 66.2. The lowest BCUT2D eigenvalue weighted by molar-refractivity contribution is -0.137. The number of benzene rings is 1. The molecule has 1 aliphatic carbocycles. The smallest absolute Gasteiger partial charge is 0.251 e. The van der Waals surface area contributed by atoms with Crippen LogP contribution in [0.4, 0.5) is 13.2 Å². The van der Waals surface area contributed by atoms with E-state index < -0.39 is 27.0 Å². The van der Waals surface area contributed by atoms with Crippen molar-refractivity contribution < 1.29 is 21.6 Å². The van der Waals surface area contributed by atoms with E-state index in [4.69, 9.17) is 0 Å². The number of fused-ring (bicyclic) bond motifs is 1.